The van der Waals surface area contributed by atoms with Crippen molar-refractivity contribution in [1.29, 1.82) is 0 Å². The predicted molar refractivity (Wildman–Crippen MR) is 136 cm³/mol. The summed E-state index contributed by atoms with van der Waals surface area (Å²) >= 11 is 1.10. The van der Waals surface area contributed by atoms with Crippen molar-refractivity contribution in [2.75, 3.05) is 12.3 Å². The molecule has 0 aliphatic carbocycles. The van der Waals surface area contributed by atoms with Crippen LogP contribution in [0.3, 0.4) is 0 Å². The van der Waals surface area contributed by atoms with Gasteiger partial charge in [-0.15, -0.1) is 0 Å². The topological polar surface area (TPSA) is 101 Å². The molecule has 3 aromatic rings. The normalized spacial score (nSPS) is 15.8. The minimum Gasteiger partial charge on any atom is -0.461 e. The molecule has 8 heteroatoms. The van der Waals surface area contributed by atoms with E-state index in [1.54, 1.807) is 39.0 Å². The van der Waals surface area contributed by atoms with E-state index in [2.05, 4.69) is 0 Å². The molecule has 0 amide bonds. The third-order valence-corrected chi connectivity index (χ3v) is 6.66. The van der Waals surface area contributed by atoms with Gasteiger partial charge in [0.05, 0.1) is 23.7 Å². The van der Waals surface area contributed by atoms with Crippen LogP contribution in [0.5, 0.6) is 0 Å². The fourth-order valence-corrected chi connectivity index (χ4v) is 5.10. The number of esters is 2. The molecule has 1 aromatic heterocycles. The number of nitrogen functional groups attached to an aromatic ring is 1. The van der Waals surface area contributed by atoms with E-state index in [4.69, 9.17) is 15.2 Å². The number of nitrogens with two attached hydrogens (primary N) is 1. The van der Waals surface area contributed by atoms with E-state index in [9.17, 15) is 14.4 Å². The average Bonchev–Trinajstić information content (AvgIpc) is 3.13. The monoisotopic (exact) mass is 490 g/mol. The predicted octanol–water partition coefficient (Wildman–Crippen LogP) is 3.26. The molecule has 2 aromatic carbocycles. The minimum atomic E-state index is -0.775. The van der Waals surface area contributed by atoms with Crippen molar-refractivity contribution in [3.63, 3.8) is 0 Å². The molecule has 0 bridgehead atoms. The molecule has 0 saturated heterocycles. The van der Waals surface area contributed by atoms with Crippen LogP contribution < -0.4 is 16.3 Å². The fourth-order valence-electron chi connectivity index (χ4n) is 3.91. The Balaban J connectivity index is 2.10. The van der Waals surface area contributed by atoms with Crippen LogP contribution in [0.25, 0.3) is 11.0 Å². The number of anilines is 1. The second kappa shape index (κ2) is 10.2. The molecule has 0 spiro atoms. The van der Waals surface area contributed by atoms with Crippen molar-refractivity contribution in [3.8, 4) is 0 Å². The van der Waals surface area contributed by atoms with Crippen LogP contribution in [0.15, 0.2) is 60.7 Å². The summed E-state index contributed by atoms with van der Waals surface area (Å²) in [4.78, 5) is 40.4. The maximum atomic E-state index is 13.9. The summed E-state index contributed by atoms with van der Waals surface area (Å²) in [5.74, 6) is -1.71. The quantitative estimate of drug-likeness (QED) is 0.529. The molecule has 1 aliphatic rings. The van der Waals surface area contributed by atoms with Gasteiger partial charge in [0.2, 0.25) is 5.91 Å². The van der Waals surface area contributed by atoms with E-state index >= 15 is 0 Å². The lowest BCUT2D eigenvalue weighted by molar-refractivity contribution is -0.139. The molecule has 35 heavy (non-hydrogen) atoms. The Morgan fingerprint density at radius 1 is 1.06 bits per heavy atom. The van der Waals surface area contributed by atoms with E-state index in [0.717, 1.165) is 17.3 Å². The third-order valence-electron chi connectivity index (χ3n) is 5.35. The standard InChI is InChI=1S/C27H26N2O5S/c1-4-33-26(31)22-20(28)19(15-17-11-7-5-8-12-17)21-24(27(32)34-16(2)3)35-23(25(30)29(21)22)18-13-9-6-10-14-18/h5-16,23H,4,28H2,1-3H3/b19-15+. The summed E-state index contributed by atoms with van der Waals surface area (Å²) in [7, 11) is 0. The Morgan fingerprint density at radius 2 is 1.69 bits per heavy atom. The van der Waals surface area contributed by atoms with Gasteiger partial charge in [-0.3, -0.25) is 9.36 Å². The number of aromatic nitrogens is 1. The molecule has 1 unspecified atom stereocenters. The molecule has 180 valence electrons. The number of ether oxygens (including phenoxy) is 2. The van der Waals surface area contributed by atoms with Crippen molar-refractivity contribution in [3.05, 3.63) is 88.1 Å². The van der Waals surface area contributed by atoms with Gasteiger partial charge in [0.15, 0.2) is 5.69 Å². The van der Waals surface area contributed by atoms with Gasteiger partial charge in [-0.2, -0.15) is 0 Å². The van der Waals surface area contributed by atoms with Gasteiger partial charge in [-0.25, -0.2) is 9.59 Å². The van der Waals surface area contributed by atoms with Gasteiger partial charge in [-0.05, 0) is 38.0 Å². The Bertz CT molecular complexity index is 1390. The van der Waals surface area contributed by atoms with Gasteiger partial charge >= 0.3 is 11.9 Å². The van der Waals surface area contributed by atoms with Gasteiger partial charge in [0.1, 0.15) is 10.2 Å². The summed E-state index contributed by atoms with van der Waals surface area (Å²) < 4.78 is 12.0. The van der Waals surface area contributed by atoms with Crippen LogP contribution in [0, 0.1) is 0 Å². The number of fused-ring (bicyclic) bond motifs is 1. The lowest BCUT2D eigenvalue weighted by Crippen LogP contribution is -2.43. The smallest absolute Gasteiger partial charge is 0.357 e. The van der Waals surface area contributed by atoms with E-state index in [0.29, 0.717) is 10.8 Å². The second-order valence-corrected chi connectivity index (χ2v) is 9.28. The molecule has 2 N–H and O–H groups in total. The maximum absolute atomic E-state index is 13.9. The number of hydrogen-bond acceptors (Lipinski definition) is 7. The number of rotatable bonds is 6. The third kappa shape index (κ3) is 4.74. The molecule has 0 radical (unpaired) electrons. The summed E-state index contributed by atoms with van der Waals surface area (Å²) in [6, 6.07) is 18.4. The molecule has 0 saturated carbocycles. The Morgan fingerprint density at radius 3 is 2.29 bits per heavy atom. The zero-order valence-corrected chi connectivity index (χ0v) is 20.5. The first kappa shape index (κ1) is 24.3. The highest BCUT2D eigenvalue weighted by Gasteiger charge is 2.38. The zero-order chi connectivity index (χ0) is 25.1. The number of thioether (sulfide) groups is 1. The van der Waals surface area contributed by atoms with Crippen LogP contribution >= 0.6 is 11.8 Å². The lowest BCUT2D eigenvalue weighted by Gasteiger charge is -2.24. The highest BCUT2D eigenvalue weighted by Crippen LogP contribution is 2.39. The van der Waals surface area contributed by atoms with E-state index < -0.39 is 17.2 Å². The van der Waals surface area contributed by atoms with E-state index in [1.807, 2.05) is 48.5 Å². The van der Waals surface area contributed by atoms with Crippen LogP contribution in [0.1, 0.15) is 52.4 Å². The molecule has 0 fully saturated rings. The van der Waals surface area contributed by atoms with Gasteiger partial charge in [0.25, 0.3) is 0 Å². The molecule has 4 rings (SSSR count). The Kier molecular flexibility index (Phi) is 7.12. The highest BCUT2D eigenvalue weighted by atomic mass is 32.2. The van der Waals surface area contributed by atoms with Crippen molar-refractivity contribution in [2.24, 2.45) is 0 Å². The van der Waals surface area contributed by atoms with Crippen molar-refractivity contribution in [2.45, 2.75) is 32.1 Å². The van der Waals surface area contributed by atoms with Crippen LogP contribution in [0.4, 0.5) is 5.69 Å². The molecular formula is C27H26N2O5S. The van der Waals surface area contributed by atoms with Crippen molar-refractivity contribution < 1.29 is 23.9 Å². The van der Waals surface area contributed by atoms with Gasteiger partial charge in [-0.1, -0.05) is 72.4 Å². The molecule has 1 atom stereocenters. The largest absolute Gasteiger partial charge is 0.461 e. The SMILES string of the molecule is CCOC(=O)c1c(N)/c(=C\c2ccccc2)c2n1C(=O)C(c1ccccc1)SC=2C(=O)OC(C)C. The van der Waals surface area contributed by atoms with Crippen LogP contribution in [-0.4, -0.2) is 35.1 Å². The van der Waals surface area contributed by atoms with E-state index in [-0.39, 0.29) is 40.3 Å². The Hall–Kier alpha value is -3.78. The Labute approximate surface area is 207 Å². The molecule has 1 aliphatic heterocycles. The molecular weight excluding hydrogens is 464 g/mol. The number of benzene rings is 2. The minimum absolute atomic E-state index is 0.0693. The molecule has 7 nitrogen and oxygen atoms in total. The van der Waals surface area contributed by atoms with Crippen LogP contribution in [-0.2, 0) is 14.3 Å². The van der Waals surface area contributed by atoms with Gasteiger partial charge in [0, 0.05) is 5.22 Å². The number of carbonyl (C=O) groups excluding carboxylic acids is 3. The summed E-state index contributed by atoms with van der Waals surface area (Å²) in [5.41, 5.74) is 7.96. The number of nitrogens with zero attached hydrogens (tertiary/aromatic N) is 1. The zero-order valence-electron chi connectivity index (χ0n) is 19.7. The fraction of sp³-hybridized carbons (Fsp3) is 0.222. The van der Waals surface area contributed by atoms with Gasteiger partial charge < -0.3 is 15.2 Å². The average molecular weight is 491 g/mol. The van der Waals surface area contributed by atoms with E-state index in [1.165, 1.54) is 4.57 Å². The lowest BCUT2D eigenvalue weighted by atomic mass is 10.1. The molecule has 2 heterocycles. The first-order valence-corrected chi connectivity index (χ1v) is 12.2. The van der Waals surface area contributed by atoms with Crippen molar-refractivity contribution >= 4 is 46.3 Å². The maximum Gasteiger partial charge on any atom is 0.357 e. The second-order valence-electron chi connectivity index (χ2n) is 8.17. The summed E-state index contributed by atoms with van der Waals surface area (Å²) in [5, 5.41) is -0.146. The first-order chi connectivity index (χ1) is 16.8. The van der Waals surface area contributed by atoms with Crippen molar-refractivity contribution in [1.82, 2.24) is 4.57 Å². The number of carbonyl (C=O) groups is 3. The summed E-state index contributed by atoms with van der Waals surface area (Å²) in [6.45, 7) is 5.28. The first-order valence-electron chi connectivity index (χ1n) is 11.3. The van der Waals surface area contributed by atoms with Crippen LogP contribution in [0.2, 0.25) is 0 Å². The highest BCUT2D eigenvalue weighted by molar-refractivity contribution is 8.10. The number of hydrogen-bond donors (Lipinski definition) is 1. The summed E-state index contributed by atoms with van der Waals surface area (Å²) in [6.07, 6.45) is 1.37.